The van der Waals surface area contributed by atoms with E-state index in [-0.39, 0.29) is 17.9 Å². The van der Waals surface area contributed by atoms with E-state index in [4.69, 9.17) is 17.0 Å². The number of carbonyl (C=O) groups is 2. The molecule has 0 aromatic heterocycles. The van der Waals surface area contributed by atoms with Crippen LogP contribution in [-0.2, 0) is 16.0 Å². The molecule has 1 fully saturated rings. The van der Waals surface area contributed by atoms with E-state index in [1.807, 2.05) is 31.3 Å². The van der Waals surface area contributed by atoms with Crippen molar-refractivity contribution in [2.45, 2.75) is 38.3 Å². The number of carbonyl (C=O) groups excluding carboxylic acids is 2. The lowest BCUT2D eigenvalue weighted by Crippen LogP contribution is -2.53. The molecule has 1 aliphatic rings. The lowest BCUT2D eigenvalue weighted by Gasteiger charge is -2.34. The molecule has 0 aliphatic carbocycles. The largest absolute Gasteiger partial charge is 0.497 e. The van der Waals surface area contributed by atoms with Crippen LogP contribution in [0.4, 0.5) is 0 Å². The van der Waals surface area contributed by atoms with Gasteiger partial charge in [-0.05, 0) is 42.8 Å². The number of amides is 2. The van der Waals surface area contributed by atoms with Gasteiger partial charge in [0.05, 0.1) is 7.11 Å². The summed E-state index contributed by atoms with van der Waals surface area (Å²) in [5.74, 6) is 0.374. The molecule has 0 radical (unpaired) electrons. The monoisotopic (exact) mass is 392 g/mol. The average Bonchev–Trinajstić information content (AvgIpc) is 2.67. The number of ether oxygens (including phenoxy) is 1. The molecule has 1 aliphatic heterocycles. The van der Waals surface area contributed by atoms with Crippen molar-refractivity contribution in [1.29, 1.82) is 0 Å². The summed E-state index contributed by atoms with van der Waals surface area (Å²) in [6.07, 6.45) is 2.07. The molecule has 27 heavy (non-hydrogen) atoms. The maximum absolute atomic E-state index is 12.7. The van der Waals surface area contributed by atoms with E-state index < -0.39 is 6.04 Å². The van der Waals surface area contributed by atoms with Gasteiger partial charge in [0, 0.05) is 39.5 Å². The Labute approximate surface area is 165 Å². The lowest BCUT2D eigenvalue weighted by atomic mass is 10.0. The number of piperidine rings is 1. The Balaban J connectivity index is 1.94. The molecule has 7 nitrogen and oxygen atoms in total. The van der Waals surface area contributed by atoms with E-state index in [9.17, 15) is 9.59 Å². The van der Waals surface area contributed by atoms with Crippen molar-refractivity contribution in [3.8, 4) is 5.75 Å². The molecular formula is C19H28N4O3S. The van der Waals surface area contributed by atoms with Gasteiger partial charge in [0.1, 0.15) is 11.8 Å². The molecule has 1 atom stereocenters. The Morgan fingerprint density at radius 2 is 1.89 bits per heavy atom. The summed E-state index contributed by atoms with van der Waals surface area (Å²) in [4.78, 5) is 26.4. The molecule has 0 bridgehead atoms. The van der Waals surface area contributed by atoms with Gasteiger partial charge in [-0.2, -0.15) is 0 Å². The van der Waals surface area contributed by atoms with Gasteiger partial charge in [-0.3, -0.25) is 9.59 Å². The zero-order valence-corrected chi connectivity index (χ0v) is 16.9. The maximum atomic E-state index is 12.7. The molecule has 1 heterocycles. The van der Waals surface area contributed by atoms with Crippen LogP contribution in [0.2, 0.25) is 0 Å². The van der Waals surface area contributed by atoms with Crippen molar-refractivity contribution in [3.05, 3.63) is 29.8 Å². The summed E-state index contributed by atoms with van der Waals surface area (Å²) in [6, 6.07) is 6.97. The van der Waals surface area contributed by atoms with Crippen molar-refractivity contribution in [3.63, 3.8) is 0 Å². The molecule has 2 rings (SSSR count). The maximum Gasteiger partial charge on any atom is 0.243 e. The summed E-state index contributed by atoms with van der Waals surface area (Å²) in [7, 11) is 3.42. The van der Waals surface area contributed by atoms with Gasteiger partial charge in [-0.15, -0.1) is 0 Å². The first-order valence-corrected chi connectivity index (χ1v) is 9.50. The highest BCUT2D eigenvalue weighted by molar-refractivity contribution is 7.80. The van der Waals surface area contributed by atoms with Crippen LogP contribution in [0, 0.1) is 0 Å². The molecule has 1 saturated heterocycles. The number of likely N-dealkylation sites (tertiary alicyclic amines) is 1. The van der Waals surface area contributed by atoms with Gasteiger partial charge < -0.3 is 25.6 Å². The zero-order chi connectivity index (χ0) is 19.8. The van der Waals surface area contributed by atoms with Crippen LogP contribution < -0.4 is 20.7 Å². The van der Waals surface area contributed by atoms with Crippen LogP contribution in [0.1, 0.15) is 25.3 Å². The van der Waals surface area contributed by atoms with Crippen LogP contribution in [0.3, 0.4) is 0 Å². The van der Waals surface area contributed by atoms with E-state index in [0.717, 1.165) is 42.4 Å². The SMILES string of the molecule is CNC(=S)N1CCC(NC(=O)[C@@H](Cc2ccc(OC)cc2)NC(C)=O)CC1. The molecule has 0 saturated carbocycles. The van der Waals surface area contributed by atoms with Crippen LogP contribution in [0.15, 0.2) is 24.3 Å². The summed E-state index contributed by atoms with van der Waals surface area (Å²) in [5, 5.41) is 9.55. The Bertz CT molecular complexity index is 657. The third kappa shape index (κ3) is 6.39. The van der Waals surface area contributed by atoms with Crippen molar-refractivity contribution >= 4 is 29.1 Å². The molecule has 0 spiro atoms. The van der Waals surface area contributed by atoms with E-state index >= 15 is 0 Å². The number of thiocarbonyl (C=S) groups is 1. The fourth-order valence-corrected chi connectivity index (χ4v) is 3.32. The Morgan fingerprint density at radius 1 is 1.26 bits per heavy atom. The third-order valence-electron chi connectivity index (χ3n) is 4.64. The molecule has 1 aromatic rings. The van der Waals surface area contributed by atoms with Crippen molar-refractivity contribution in [2.24, 2.45) is 0 Å². The van der Waals surface area contributed by atoms with Crippen LogP contribution in [0.5, 0.6) is 5.75 Å². The topological polar surface area (TPSA) is 82.7 Å². The molecular weight excluding hydrogens is 364 g/mol. The molecule has 8 heteroatoms. The minimum atomic E-state index is -0.604. The minimum absolute atomic E-state index is 0.0838. The van der Waals surface area contributed by atoms with E-state index in [1.54, 1.807) is 7.11 Å². The van der Waals surface area contributed by atoms with Crippen molar-refractivity contribution < 1.29 is 14.3 Å². The second-order valence-electron chi connectivity index (χ2n) is 6.63. The number of hydrogen-bond donors (Lipinski definition) is 3. The van der Waals surface area contributed by atoms with Gasteiger partial charge in [-0.1, -0.05) is 12.1 Å². The van der Waals surface area contributed by atoms with Gasteiger partial charge >= 0.3 is 0 Å². The van der Waals surface area contributed by atoms with E-state index in [0.29, 0.717) is 6.42 Å². The standard InChI is InChI=1S/C19H28N4O3S/c1-13(24)21-17(12-14-4-6-16(26-3)7-5-14)18(25)22-15-8-10-23(11-9-15)19(27)20-2/h4-7,15,17H,8-12H2,1-3H3,(H,20,27)(H,21,24)(H,22,25)/t17-/m1/s1. The number of rotatable bonds is 6. The average molecular weight is 393 g/mol. The number of hydrogen-bond acceptors (Lipinski definition) is 4. The van der Waals surface area contributed by atoms with Gasteiger partial charge in [-0.25, -0.2) is 0 Å². The van der Waals surface area contributed by atoms with Crippen molar-refractivity contribution in [1.82, 2.24) is 20.9 Å². The third-order valence-corrected chi connectivity index (χ3v) is 5.10. The summed E-state index contributed by atoms with van der Waals surface area (Å²) >= 11 is 5.25. The Morgan fingerprint density at radius 3 is 2.41 bits per heavy atom. The normalized spacial score (nSPS) is 15.6. The number of benzene rings is 1. The second-order valence-corrected chi connectivity index (χ2v) is 7.02. The Kier molecular flexibility index (Phi) is 7.84. The van der Waals surface area contributed by atoms with E-state index in [2.05, 4.69) is 20.9 Å². The van der Waals surface area contributed by atoms with Crippen LogP contribution in [0.25, 0.3) is 0 Å². The molecule has 148 valence electrons. The predicted molar refractivity (Wildman–Crippen MR) is 109 cm³/mol. The quantitative estimate of drug-likeness (QED) is 0.622. The molecule has 3 N–H and O–H groups in total. The summed E-state index contributed by atoms with van der Waals surface area (Å²) in [5.41, 5.74) is 0.957. The lowest BCUT2D eigenvalue weighted by molar-refractivity contribution is -0.128. The number of methoxy groups -OCH3 is 1. The smallest absolute Gasteiger partial charge is 0.243 e. The highest BCUT2D eigenvalue weighted by atomic mass is 32.1. The van der Waals surface area contributed by atoms with Gasteiger partial charge in [0.2, 0.25) is 11.8 Å². The van der Waals surface area contributed by atoms with Crippen LogP contribution in [-0.4, -0.2) is 61.2 Å². The first-order chi connectivity index (χ1) is 12.9. The minimum Gasteiger partial charge on any atom is -0.497 e. The highest BCUT2D eigenvalue weighted by Gasteiger charge is 2.26. The summed E-state index contributed by atoms with van der Waals surface area (Å²) in [6.45, 7) is 3.02. The zero-order valence-electron chi connectivity index (χ0n) is 16.1. The van der Waals surface area contributed by atoms with Gasteiger partial charge in [0.25, 0.3) is 0 Å². The number of nitrogens with one attached hydrogen (secondary N) is 3. The second kappa shape index (κ2) is 10.1. The fourth-order valence-electron chi connectivity index (χ4n) is 3.14. The number of nitrogens with zero attached hydrogens (tertiary/aromatic N) is 1. The predicted octanol–water partition coefficient (Wildman–Crippen LogP) is 0.827. The molecule has 1 aromatic carbocycles. The summed E-state index contributed by atoms with van der Waals surface area (Å²) < 4.78 is 5.15. The van der Waals surface area contributed by atoms with Gasteiger partial charge in [0.15, 0.2) is 5.11 Å². The first kappa shape index (κ1) is 21.0. The molecule has 2 amide bonds. The van der Waals surface area contributed by atoms with Crippen molar-refractivity contribution in [2.75, 3.05) is 27.2 Å². The van der Waals surface area contributed by atoms with Crippen LogP contribution >= 0.6 is 12.2 Å². The first-order valence-electron chi connectivity index (χ1n) is 9.10. The van der Waals surface area contributed by atoms with E-state index in [1.165, 1.54) is 6.92 Å². The highest BCUT2D eigenvalue weighted by Crippen LogP contribution is 2.14. The Hall–Kier alpha value is -2.35. The fraction of sp³-hybridized carbons (Fsp3) is 0.526. The molecule has 0 unspecified atom stereocenters.